The van der Waals surface area contributed by atoms with Crippen LogP contribution in [0.3, 0.4) is 0 Å². The van der Waals surface area contributed by atoms with E-state index in [0.717, 1.165) is 28.7 Å². The van der Waals surface area contributed by atoms with Crippen LogP contribution in [0.4, 0.5) is 0 Å². The first kappa shape index (κ1) is 19.5. The summed E-state index contributed by atoms with van der Waals surface area (Å²) in [6.45, 7) is 0. The number of hydrogen-bond donors (Lipinski definition) is 0. The third-order valence-electron chi connectivity index (χ3n) is 4.80. The van der Waals surface area contributed by atoms with Crippen LogP contribution < -0.4 is 14.2 Å². The summed E-state index contributed by atoms with van der Waals surface area (Å²) in [5, 5.41) is 0. The molecule has 0 N–H and O–H groups in total. The van der Waals surface area contributed by atoms with Gasteiger partial charge >= 0.3 is 0 Å². The number of methoxy groups -OCH3 is 3. The second kappa shape index (κ2) is 7.78. The summed E-state index contributed by atoms with van der Waals surface area (Å²) in [4.78, 5) is 0. The van der Waals surface area contributed by atoms with Crippen LogP contribution in [0, 0.1) is 0 Å². The lowest BCUT2D eigenvalue weighted by molar-refractivity contribution is 0.186. The van der Waals surface area contributed by atoms with Gasteiger partial charge in [-0.25, -0.2) is 0 Å². The van der Waals surface area contributed by atoms with Gasteiger partial charge in [0.1, 0.15) is 5.75 Å². The van der Waals surface area contributed by atoms with Crippen molar-refractivity contribution in [2.24, 2.45) is 0 Å². The minimum atomic E-state index is -3.55. The quantitative estimate of drug-likeness (QED) is 0.704. The van der Waals surface area contributed by atoms with E-state index in [4.69, 9.17) is 18.4 Å². The number of benzene rings is 2. The van der Waals surface area contributed by atoms with Crippen molar-refractivity contribution in [1.82, 2.24) is 0 Å². The van der Waals surface area contributed by atoms with Crippen molar-refractivity contribution >= 4 is 10.1 Å². The SMILES string of the molecule is COc1ccc([C@@H]2C[C@H](OS(C)(=O)=O)Cc3cc(OC)c(OC)cc32)cc1. The van der Waals surface area contributed by atoms with E-state index in [1.165, 1.54) is 0 Å². The zero-order chi connectivity index (χ0) is 19.6. The smallest absolute Gasteiger partial charge is 0.264 e. The van der Waals surface area contributed by atoms with E-state index >= 15 is 0 Å². The minimum absolute atomic E-state index is 0.0220. The molecule has 3 rings (SSSR count). The highest BCUT2D eigenvalue weighted by Crippen LogP contribution is 2.43. The van der Waals surface area contributed by atoms with Gasteiger partial charge in [0.25, 0.3) is 10.1 Å². The zero-order valence-corrected chi connectivity index (χ0v) is 16.7. The monoisotopic (exact) mass is 392 g/mol. The molecule has 0 saturated carbocycles. The standard InChI is InChI=1S/C20H24O6S/c1-23-15-7-5-13(6-8-15)17-11-16(26-27(4,21)22)9-14-10-19(24-2)20(25-3)12-18(14)17/h5-8,10,12,16-17H,9,11H2,1-4H3/t16-,17+/m1/s1. The number of hydrogen-bond acceptors (Lipinski definition) is 6. The van der Waals surface area contributed by atoms with Gasteiger partial charge in [-0.05, 0) is 47.4 Å². The molecular formula is C20H24O6S. The lowest BCUT2D eigenvalue weighted by atomic mass is 9.77. The summed E-state index contributed by atoms with van der Waals surface area (Å²) in [6.07, 6.45) is 1.70. The zero-order valence-electron chi connectivity index (χ0n) is 15.9. The molecule has 0 aromatic heterocycles. The molecule has 2 atom stereocenters. The van der Waals surface area contributed by atoms with Crippen LogP contribution >= 0.6 is 0 Å². The highest BCUT2D eigenvalue weighted by molar-refractivity contribution is 7.86. The van der Waals surface area contributed by atoms with E-state index in [2.05, 4.69) is 0 Å². The molecule has 0 aliphatic heterocycles. The van der Waals surface area contributed by atoms with Crippen molar-refractivity contribution in [1.29, 1.82) is 0 Å². The number of fused-ring (bicyclic) bond motifs is 1. The van der Waals surface area contributed by atoms with E-state index in [-0.39, 0.29) is 5.92 Å². The molecule has 6 nitrogen and oxygen atoms in total. The molecular weight excluding hydrogens is 368 g/mol. The summed E-state index contributed by atoms with van der Waals surface area (Å²) in [5.74, 6) is 2.01. The third kappa shape index (κ3) is 4.36. The lowest BCUT2D eigenvalue weighted by Crippen LogP contribution is -2.28. The summed E-state index contributed by atoms with van der Waals surface area (Å²) in [7, 11) is 1.26. The van der Waals surface area contributed by atoms with Crippen molar-refractivity contribution in [3.63, 3.8) is 0 Å². The molecule has 0 spiro atoms. The van der Waals surface area contributed by atoms with Crippen LogP contribution in [0.15, 0.2) is 36.4 Å². The molecule has 27 heavy (non-hydrogen) atoms. The van der Waals surface area contributed by atoms with Crippen molar-refractivity contribution < 1.29 is 26.8 Å². The van der Waals surface area contributed by atoms with Crippen LogP contribution in [-0.4, -0.2) is 42.1 Å². The maximum absolute atomic E-state index is 11.7. The first-order valence-corrected chi connectivity index (χ1v) is 10.4. The van der Waals surface area contributed by atoms with E-state index in [9.17, 15) is 8.42 Å². The topological polar surface area (TPSA) is 71.1 Å². The van der Waals surface area contributed by atoms with Gasteiger partial charge in [0.2, 0.25) is 0 Å². The molecule has 0 bridgehead atoms. The maximum Gasteiger partial charge on any atom is 0.264 e. The van der Waals surface area contributed by atoms with Crippen LogP contribution in [-0.2, 0) is 20.7 Å². The first-order valence-electron chi connectivity index (χ1n) is 8.61. The molecule has 0 heterocycles. The molecule has 1 aliphatic carbocycles. The highest BCUT2D eigenvalue weighted by atomic mass is 32.2. The molecule has 146 valence electrons. The Hall–Kier alpha value is -2.25. The van der Waals surface area contributed by atoms with Crippen molar-refractivity contribution in [3.8, 4) is 17.2 Å². The van der Waals surface area contributed by atoms with Gasteiger partial charge < -0.3 is 14.2 Å². The van der Waals surface area contributed by atoms with Crippen LogP contribution in [0.1, 0.15) is 29.0 Å². The van der Waals surface area contributed by atoms with E-state index in [1.54, 1.807) is 21.3 Å². The Bertz CT molecular complexity index is 905. The second-order valence-corrected chi connectivity index (χ2v) is 8.19. The molecule has 0 unspecified atom stereocenters. The highest BCUT2D eigenvalue weighted by Gasteiger charge is 2.32. The minimum Gasteiger partial charge on any atom is -0.497 e. The van der Waals surface area contributed by atoms with Gasteiger partial charge in [0.05, 0.1) is 33.7 Å². The predicted octanol–water partition coefficient (Wildman–Crippen LogP) is 3.14. The average molecular weight is 392 g/mol. The van der Waals surface area contributed by atoms with Crippen molar-refractivity contribution in [3.05, 3.63) is 53.1 Å². The first-order chi connectivity index (χ1) is 12.8. The summed E-state index contributed by atoms with van der Waals surface area (Å²) in [6, 6.07) is 11.7. The van der Waals surface area contributed by atoms with Crippen molar-refractivity contribution in [2.75, 3.05) is 27.6 Å². The fraction of sp³-hybridized carbons (Fsp3) is 0.400. The fourth-order valence-electron chi connectivity index (χ4n) is 3.63. The fourth-order valence-corrected chi connectivity index (χ4v) is 4.27. The molecule has 0 radical (unpaired) electrons. The molecule has 1 aliphatic rings. The van der Waals surface area contributed by atoms with Crippen molar-refractivity contribution in [2.45, 2.75) is 24.9 Å². The van der Waals surface area contributed by atoms with Gasteiger partial charge in [-0.2, -0.15) is 8.42 Å². The van der Waals surface area contributed by atoms with E-state index < -0.39 is 16.2 Å². The lowest BCUT2D eigenvalue weighted by Gasteiger charge is -2.32. The van der Waals surface area contributed by atoms with Crippen LogP contribution in [0.2, 0.25) is 0 Å². The average Bonchev–Trinajstić information content (AvgIpc) is 2.65. The Morgan fingerprint density at radius 2 is 1.56 bits per heavy atom. The largest absolute Gasteiger partial charge is 0.497 e. The van der Waals surface area contributed by atoms with Gasteiger partial charge in [-0.1, -0.05) is 12.1 Å². The molecule has 2 aromatic rings. The van der Waals surface area contributed by atoms with Gasteiger partial charge in [-0.15, -0.1) is 0 Å². The van der Waals surface area contributed by atoms with Crippen LogP contribution in [0.5, 0.6) is 17.2 Å². The number of rotatable bonds is 6. The predicted molar refractivity (Wildman–Crippen MR) is 102 cm³/mol. The van der Waals surface area contributed by atoms with E-state index in [0.29, 0.717) is 24.3 Å². The van der Waals surface area contributed by atoms with Gasteiger partial charge in [0.15, 0.2) is 11.5 Å². The number of ether oxygens (including phenoxy) is 3. The molecule has 0 saturated heterocycles. The Labute approximate surface area is 160 Å². The normalized spacial score (nSPS) is 19.3. The molecule has 0 fully saturated rings. The Kier molecular flexibility index (Phi) is 5.62. The van der Waals surface area contributed by atoms with E-state index in [1.807, 2.05) is 36.4 Å². The molecule has 2 aromatic carbocycles. The molecule has 0 amide bonds. The molecule has 7 heteroatoms. The Morgan fingerprint density at radius 3 is 2.11 bits per heavy atom. The maximum atomic E-state index is 11.7. The second-order valence-electron chi connectivity index (χ2n) is 6.59. The summed E-state index contributed by atoms with van der Waals surface area (Å²) < 4.78 is 44.8. The summed E-state index contributed by atoms with van der Waals surface area (Å²) in [5.41, 5.74) is 3.14. The van der Waals surface area contributed by atoms with Gasteiger partial charge in [0, 0.05) is 12.3 Å². The Morgan fingerprint density at radius 1 is 0.926 bits per heavy atom. The van der Waals surface area contributed by atoms with Crippen LogP contribution in [0.25, 0.3) is 0 Å². The van der Waals surface area contributed by atoms with Gasteiger partial charge in [-0.3, -0.25) is 4.18 Å². The Balaban J connectivity index is 2.07. The summed E-state index contributed by atoms with van der Waals surface area (Å²) >= 11 is 0. The third-order valence-corrected chi connectivity index (χ3v) is 5.42.